The Bertz CT molecular complexity index is 1380. The number of benzene rings is 3. The highest BCUT2D eigenvalue weighted by atomic mass is 32.2. The molecular formula is C23H19F9O6S2. The molecule has 0 saturated heterocycles. The molecule has 40 heavy (non-hydrogen) atoms. The van der Waals surface area contributed by atoms with E-state index in [2.05, 4.69) is 0 Å². The molecule has 2 N–H and O–H groups in total. The molecule has 0 spiro atoms. The Kier molecular flexibility index (Phi) is 10.8. The summed E-state index contributed by atoms with van der Waals surface area (Å²) in [5.74, 6) is -14.4. The first kappa shape index (κ1) is 34.7. The van der Waals surface area contributed by atoms with Crippen LogP contribution in [0, 0.1) is 6.92 Å². The van der Waals surface area contributed by atoms with Crippen molar-refractivity contribution in [2.45, 2.75) is 40.0 Å². The molecule has 0 amide bonds. The van der Waals surface area contributed by atoms with Crippen LogP contribution >= 0.6 is 0 Å². The SMILES string of the molecule is Cc1ccc(O)cc1.O=S(=O)(O)C(F)(F)C(F)(F)C(F)(F)C(F)(F)F.O=S(=O)(c1ccccc1)c1ccccc1. The summed E-state index contributed by atoms with van der Waals surface area (Å²) in [6.07, 6.45) is -7.13. The van der Waals surface area contributed by atoms with Crippen molar-refractivity contribution in [2.75, 3.05) is 0 Å². The molecule has 0 aliphatic heterocycles. The van der Waals surface area contributed by atoms with Crippen molar-refractivity contribution in [3.05, 3.63) is 90.5 Å². The van der Waals surface area contributed by atoms with Crippen LogP contribution in [0.1, 0.15) is 5.56 Å². The highest BCUT2D eigenvalue weighted by Crippen LogP contribution is 2.54. The van der Waals surface area contributed by atoms with E-state index in [4.69, 9.17) is 9.66 Å². The summed E-state index contributed by atoms with van der Waals surface area (Å²) in [5, 5.41) is 1.76. The number of sulfone groups is 1. The van der Waals surface area contributed by atoms with Crippen LogP contribution in [0.15, 0.2) is 94.7 Å². The summed E-state index contributed by atoms with van der Waals surface area (Å²) in [6.45, 7) is 1.99. The summed E-state index contributed by atoms with van der Waals surface area (Å²) in [6, 6.07) is 24.0. The fourth-order valence-electron chi connectivity index (χ4n) is 2.40. The van der Waals surface area contributed by atoms with Crippen LogP contribution in [0.25, 0.3) is 0 Å². The molecule has 222 valence electrons. The van der Waals surface area contributed by atoms with Crippen LogP contribution in [0.2, 0.25) is 0 Å². The predicted octanol–water partition coefficient (Wildman–Crippen LogP) is 6.52. The number of halogens is 9. The van der Waals surface area contributed by atoms with Gasteiger partial charge in [0.1, 0.15) is 5.75 Å². The van der Waals surface area contributed by atoms with Gasteiger partial charge in [-0.2, -0.15) is 47.9 Å². The lowest BCUT2D eigenvalue weighted by Crippen LogP contribution is -2.63. The smallest absolute Gasteiger partial charge is 0.460 e. The van der Waals surface area contributed by atoms with Gasteiger partial charge in [-0.05, 0) is 43.3 Å². The Hall–Kier alpha value is -3.31. The van der Waals surface area contributed by atoms with Gasteiger partial charge in [-0.25, -0.2) is 8.42 Å². The molecule has 0 aromatic heterocycles. The van der Waals surface area contributed by atoms with Gasteiger partial charge in [0.05, 0.1) is 9.79 Å². The Morgan fingerprint density at radius 2 is 0.925 bits per heavy atom. The average Bonchev–Trinajstić information content (AvgIpc) is 2.86. The monoisotopic (exact) mass is 626 g/mol. The first-order chi connectivity index (χ1) is 18.0. The van der Waals surface area contributed by atoms with E-state index < -0.39 is 43.2 Å². The third kappa shape index (κ3) is 7.88. The van der Waals surface area contributed by atoms with E-state index in [1.807, 2.05) is 19.1 Å². The number of phenolic OH excluding ortho intramolecular Hbond substituents is 1. The lowest BCUT2D eigenvalue weighted by atomic mass is 10.1. The number of aryl methyl sites for hydroxylation is 1. The van der Waals surface area contributed by atoms with Crippen molar-refractivity contribution < 1.29 is 66.0 Å². The second kappa shape index (κ2) is 12.5. The standard InChI is InChI=1S/C12H10O2S.C7H8O.C4HF9O3S/c13-15(14,11-7-3-1-4-8-11)12-9-5-2-6-10-12;1-6-2-4-7(8)5-3-6;5-1(6,3(9,10)11)2(7,8)4(12,13)17(14,15)16/h1-10H;2-5,8H,1H3;(H,14,15,16). The van der Waals surface area contributed by atoms with E-state index >= 15 is 0 Å². The summed E-state index contributed by atoms with van der Waals surface area (Å²) in [4.78, 5) is 0.660. The van der Waals surface area contributed by atoms with E-state index in [9.17, 15) is 56.3 Å². The summed E-state index contributed by atoms with van der Waals surface area (Å²) in [7, 11) is -10.5. The van der Waals surface area contributed by atoms with E-state index in [0.717, 1.165) is 0 Å². The molecule has 17 heteroatoms. The first-order valence-electron chi connectivity index (χ1n) is 10.3. The molecule has 3 rings (SSSR count). The fourth-order valence-corrected chi connectivity index (χ4v) is 4.16. The highest BCUT2D eigenvalue weighted by Gasteiger charge is 2.85. The topological polar surface area (TPSA) is 109 Å². The van der Waals surface area contributed by atoms with Gasteiger partial charge in [0.25, 0.3) is 0 Å². The van der Waals surface area contributed by atoms with Gasteiger partial charge in [-0.15, -0.1) is 0 Å². The molecule has 0 unspecified atom stereocenters. The molecule has 0 radical (unpaired) electrons. The summed E-state index contributed by atoms with van der Waals surface area (Å²) >= 11 is 0. The van der Waals surface area contributed by atoms with E-state index in [-0.39, 0.29) is 0 Å². The maximum Gasteiger partial charge on any atom is 0.460 e. The minimum Gasteiger partial charge on any atom is -0.508 e. The van der Waals surface area contributed by atoms with Crippen LogP contribution in [0.5, 0.6) is 5.75 Å². The summed E-state index contributed by atoms with van der Waals surface area (Å²) in [5.41, 5.74) is 1.17. The van der Waals surface area contributed by atoms with E-state index in [1.165, 1.54) is 5.56 Å². The second-order valence-electron chi connectivity index (χ2n) is 7.60. The van der Waals surface area contributed by atoms with E-state index in [0.29, 0.717) is 15.5 Å². The van der Waals surface area contributed by atoms with Crippen LogP contribution < -0.4 is 0 Å². The van der Waals surface area contributed by atoms with E-state index in [1.54, 1.807) is 72.8 Å². The Morgan fingerprint density at radius 1 is 0.575 bits per heavy atom. The van der Waals surface area contributed by atoms with Crippen molar-refractivity contribution in [2.24, 2.45) is 0 Å². The highest BCUT2D eigenvalue weighted by molar-refractivity contribution is 7.91. The van der Waals surface area contributed by atoms with Crippen molar-refractivity contribution in [3.8, 4) is 5.75 Å². The minimum atomic E-state index is -7.37. The van der Waals surface area contributed by atoms with Crippen LogP contribution in [0.4, 0.5) is 39.5 Å². The number of alkyl halides is 9. The third-order valence-electron chi connectivity index (χ3n) is 4.58. The average molecular weight is 627 g/mol. The molecule has 0 atom stereocenters. The van der Waals surface area contributed by atoms with Crippen molar-refractivity contribution in [3.63, 3.8) is 0 Å². The lowest BCUT2D eigenvalue weighted by molar-refractivity contribution is -0.382. The van der Waals surface area contributed by atoms with Gasteiger partial charge >= 0.3 is 33.4 Å². The minimum absolute atomic E-state index is 0.329. The second-order valence-corrected chi connectivity index (χ2v) is 11.0. The van der Waals surface area contributed by atoms with Gasteiger partial charge in [-0.1, -0.05) is 54.1 Å². The predicted molar refractivity (Wildman–Crippen MR) is 124 cm³/mol. The van der Waals surface area contributed by atoms with Crippen LogP contribution in [0.3, 0.4) is 0 Å². The molecule has 6 nitrogen and oxygen atoms in total. The molecule has 0 fully saturated rings. The molecule has 0 heterocycles. The number of rotatable bonds is 5. The molecule has 0 saturated carbocycles. The zero-order valence-electron chi connectivity index (χ0n) is 19.8. The molecule has 0 aliphatic rings. The molecule has 3 aromatic rings. The van der Waals surface area contributed by atoms with Gasteiger partial charge in [-0.3, -0.25) is 4.55 Å². The maximum atomic E-state index is 12.2. The largest absolute Gasteiger partial charge is 0.508 e. The van der Waals surface area contributed by atoms with Crippen molar-refractivity contribution in [1.29, 1.82) is 0 Å². The number of hydrogen-bond acceptors (Lipinski definition) is 5. The first-order valence-corrected chi connectivity index (χ1v) is 13.2. The Morgan fingerprint density at radius 3 is 1.20 bits per heavy atom. The van der Waals surface area contributed by atoms with Crippen LogP contribution in [-0.2, 0) is 20.0 Å². The van der Waals surface area contributed by atoms with Crippen LogP contribution in [-0.4, -0.2) is 49.8 Å². The van der Waals surface area contributed by atoms with Gasteiger partial charge in [0.15, 0.2) is 0 Å². The van der Waals surface area contributed by atoms with Crippen molar-refractivity contribution >= 4 is 20.0 Å². The summed E-state index contributed by atoms with van der Waals surface area (Å²) < 4.78 is 158. The maximum absolute atomic E-state index is 12.2. The fraction of sp³-hybridized carbons (Fsp3) is 0.217. The number of aromatic hydroxyl groups is 1. The Balaban J connectivity index is 0.000000317. The molecule has 0 bridgehead atoms. The molecule has 3 aromatic carbocycles. The normalized spacial score (nSPS) is 12.9. The third-order valence-corrected chi connectivity index (χ3v) is 7.27. The molecular weight excluding hydrogens is 607 g/mol. The molecule has 0 aliphatic carbocycles. The zero-order chi connectivity index (χ0) is 31.2. The van der Waals surface area contributed by atoms with Gasteiger partial charge in [0.2, 0.25) is 9.84 Å². The van der Waals surface area contributed by atoms with Crippen molar-refractivity contribution in [1.82, 2.24) is 0 Å². The number of phenols is 1. The number of hydrogen-bond donors (Lipinski definition) is 2. The van der Waals surface area contributed by atoms with Gasteiger partial charge < -0.3 is 5.11 Å². The quantitative estimate of drug-likeness (QED) is 0.247. The Labute approximate surface area is 222 Å². The lowest BCUT2D eigenvalue weighted by Gasteiger charge is -2.31. The van der Waals surface area contributed by atoms with Gasteiger partial charge in [0, 0.05) is 0 Å². The zero-order valence-corrected chi connectivity index (χ0v) is 21.5.